The third-order valence-corrected chi connectivity index (χ3v) is 2.40. The van der Waals surface area contributed by atoms with Gasteiger partial charge in [-0.3, -0.25) is 0 Å². The van der Waals surface area contributed by atoms with E-state index < -0.39 is 0 Å². The molecule has 0 aliphatic carbocycles. The molecule has 0 saturated carbocycles. The van der Waals surface area contributed by atoms with E-state index in [-0.39, 0.29) is 0 Å². The Hall–Kier alpha value is -1.02. The Labute approximate surface area is 78.9 Å². The van der Waals surface area contributed by atoms with Gasteiger partial charge < -0.3 is 10.1 Å². The highest BCUT2D eigenvalue weighted by molar-refractivity contribution is 5.31. The van der Waals surface area contributed by atoms with E-state index in [0.29, 0.717) is 6.04 Å². The summed E-state index contributed by atoms with van der Waals surface area (Å²) in [6, 6.07) is 8.89. The molecule has 2 rings (SSSR count). The van der Waals surface area contributed by atoms with Crippen LogP contribution in [0.25, 0.3) is 0 Å². The number of hydrogen-bond donors (Lipinski definition) is 1. The summed E-state index contributed by atoms with van der Waals surface area (Å²) in [5, 5.41) is 3.38. The van der Waals surface area contributed by atoms with Gasteiger partial charge in [-0.25, -0.2) is 0 Å². The molecule has 0 spiro atoms. The second-order valence-corrected chi connectivity index (χ2v) is 3.30. The van der Waals surface area contributed by atoms with Crippen LogP contribution in [-0.4, -0.2) is 13.2 Å². The molecule has 2 nitrogen and oxygen atoms in total. The fraction of sp³-hybridized carbons (Fsp3) is 0.455. The number of hydrogen-bond acceptors (Lipinski definition) is 2. The summed E-state index contributed by atoms with van der Waals surface area (Å²) in [7, 11) is 0. The lowest BCUT2D eigenvalue weighted by atomic mass is 9.98. The molecule has 0 aromatic heterocycles. The average Bonchev–Trinajstić information content (AvgIpc) is 2.02. The quantitative estimate of drug-likeness (QED) is 0.763. The summed E-state index contributed by atoms with van der Waals surface area (Å²) in [5.41, 5.74) is 1.34. The van der Waals surface area contributed by atoms with Crippen molar-refractivity contribution in [1.82, 2.24) is 5.32 Å². The molecule has 70 valence electrons. The van der Waals surface area contributed by atoms with E-state index in [0.717, 1.165) is 18.9 Å². The number of benzene rings is 1. The molecule has 1 saturated heterocycles. The predicted octanol–water partition coefficient (Wildman–Crippen LogP) is 2.12. The second kappa shape index (κ2) is 3.79. The number of rotatable bonds is 3. The van der Waals surface area contributed by atoms with Crippen LogP contribution in [0.1, 0.15) is 24.9 Å². The van der Waals surface area contributed by atoms with Crippen LogP contribution < -0.4 is 10.1 Å². The third-order valence-electron chi connectivity index (χ3n) is 2.40. The normalized spacial score (nSPS) is 20.8. The molecular formula is C11H15NO. The van der Waals surface area contributed by atoms with Crippen molar-refractivity contribution in [1.29, 1.82) is 0 Å². The Balaban J connectivity index is 2.11. The van der Waals surface area contributed by atoms with Crippen molar-refractivity contribution in [3.8, 4) is 5.75 Å². The second-order valence-electron chi connectivity index (χ2n) is 3.30. The fourth-order valence-corrected chi connectivity index (χ4v) is 1.56. The molecule has 1 heterocycles. The maximum atomic E-state index is 5.44. The van der Waals surface area contributed by atoms with Gasteiger partial charge in [-0.2, -0.15) is 0 Å². The van der Waals surface area contributed by atoms with Gasteiger partial charge in [0.2, 0.25) is 0 Å². The highest BCUT2D eigenvalue weighted by Gasteiger charge is 2.18. The highest BCUT2D eigenvalue weighted by atomic mass is 16.5. The van der Waals surface area contributed by atoms with Crippen molar-refractivity contribution in [2.45, 2.75) is 19.4 Å². The van der Waals surface area contributed by atoms with Crippen molar-refractivity contribution in [2.24, 2.45) is 0 Å². The maximum Gasteiger partial charge on any atom is 0.119 e. The van der Waals surface area contributed by atoms with Crippen LogP contribution in [0.15, 0.2) is 24.3 Å². The van der Waals surface area contributed by atoms with E-state index in [9.17, 15) is 0 Å². The van der Waals surface area contributed by atoms with E-state index in [1.54, 1.807) is 0 Å². The van der Waals surface area contributed by atoms with Gasteiger partial charge in [0.25, 0.3) is 0 Å². The first kappa shape index (κ1) is 8.57. The molecule has 1 aliphatic rings. The number of ether oxygens (including phenoxy) is 1. The van der Waals surface area contributed by atoms with Crippen molar-refractivity contribution in [2.75, 3.05) is 13.2 Å². The maximum absolute atomic E-state index is 5.44. The minimum absolute atomic E-state index is 0.556. The molecule has 1 atom stereocenters. The Morgan fingerprint density at radius 3 is 3.00 bits per heavy atom. The van der Waals surface area contributed by atoms with Gasteiger partial charge in [-0.1, -0.05) is 12.1 Å². The molecule has 0 amide bonds. The van der Waals surface area contributed by atoms with Gasteiger partial charge in [0.1, 0.15) is 5.75 Å². The summed E-state index contributed by atoms with van der Waals surface area (Å²) < 4.78 is 5.44. The van der Waals surface area contributed by atoms with Crippen molar-refractivity contribution in [3.05, 3.63) is 29.8 Å². The summed E-state index contributed by atoms with van der Waals surface area (Å²) in [6.45, 7) is 3.89. The van der Waals surface area contributed by atoms with Gasteiger partial charge in [0.15, 0.2) is 0 Å². The lowest BCUT2D eigenvalue weighted by molar-refractivity contribution is 0.336. The summed E-state index contributed by atoms with van der Waals surface area (Å²) in [6.07, 6.45) is 1.25. The Morgan fingerprint density at radius 2 is 2.38 bits per heavy atom. The highest BCUT2D eigenvalue weighted by Crippen LogP contribution is 2.25. The molecule has 2 heteroatoms. The lowest BCUT2D eigenvalue weighted by Crippen LogP contribution is -2.34. The first-order chi connectivity index (χ1) is 6.40. The lowest BCUT2D eigenvalue weighted by Gasteiger charge is -2.28. The van der Waals surface area contributed by atoms with Gasteiger partial charge >= 0.3 is 0 Å². The first-order valence-electron chi connectivity index (χ1n) is 4.86. The van der Waals surface area contributed by atoms with Gasteiger partial charge in [-0.05, 0) is 37.6 Å². The Morgan fingerprint density at radius 1 is 1.54 bits per heavy atom. The summed E-state index contributed by atoms with van der Waals surface area (Å²) in [4.78, 5) is 0. The average molecular weight is 177 g/mol. The smallest absolute Gasteiger partial charge is 0.119 e. The first-order valence-corrected chi connectivity index (χ1v) is 4.86. The van der Waals surface area contributed by atoms with Gasteiger partial charge in [-0.15, -0.1) is 0 Å². The molecule has 1 aliphatic heterocycles. The summed E-state index contributed by atoms with van der Waals surface area (Å²) >= 11 is 0. The van der Waals surface area contributed by atoms with Crippen molar-refractivity contribution < 1.29 is 4.74 Å². The molecular weight excluding hydrogens is 162 g/mol. The molecule has 1 aromatic rings. The molecule has 0 radical (unpaired) electrons. The van der Waals surface area contributed by atoms with Crippen LogP contribution in [0.4, 0.5) is 0 Å². The minimum Gasteiger partial charge on any atom is -0.494 e. The fourth-order valence-electron chi connectivity index (χ4n) is 1.56. The molecule has 13 heavy (non-hydrogen) atoms. The molecule has 1 unspecified atom stereocenters. The van der Waals surface area contributed by atoms with Crippen molar-refractivity contribution >= 4 is 0 Å². The van der Waals surface area contributed by atoms with Crippen LogP contribution >= 0.6 is 0 Å². The van der Waals surface area contributed by atoms with E-state index in [1.165, 1.54) is 12.0 Å². The zero-order valence-electron chi connectivity index (χ0n) is 7.92. The summed E-state index contributed by atoms with van der Waals surface area (Å²) in [5.74, 6) is 0.980. The van der Waals surface area contributed by atoms with E-state index in [2.05, 4.69) is 23.5 Å². The standard InChI is InChI=1S/C11H15NO/c1-2-13-10-5-3-4-9(8-10)11-6-7-12-11/h3-5,8,11-12H,2,6-7H2,1H3. The third kappa shape index (κ3) is 1.83. The zero-order valence-corrected chi connectivity index (χ0v) is 7.92. The van der Waals surface area contributed by atoms with Crippen LogP contribution in [0, 0.1) is 0 Å². The van der Waals surface area contributed by atoms with Crippen LogP contribution in [0.2, 0.25) is 0 Å². The van der Waals surface area contributed by atoms with Gasteiger partial charge in [0, 0.05) is 6.04 Å². The molecule has 1 aromatic carbocycles. The largest absolute Gasteiger partial charge is 0.494 e. The van der Waals surface area contributed by atoms with Gasteiger partial charge in [0.05, 0.1) is 6.61 Å². The SMILES string of the molecule is CCOc1cccc(C2CCN2)c1. The molecule has 0 bridgehead atoms. The predicted molar refractivity (Wildman–Crippen MR) is 53.0 cm³/mol. The van der Waals surface area contributed by atoms with E-state index >= 15 is 0 Å². The van der Waals surface area contributed by atoms with Crippen molar-refractivity contribution in [3.63, 3.8) is 0 Å². The van der Waals surface area contributed by atoms with Crippen LogP contribution in [0.3, 0.4) is 0 Å². The Bertz CT molecular complexity index is 281. The zero-order chi connectivity index (χ0) is 9.10. The molecule has 1 fully saturated rings. The topological polar surface area (TPSA) is 21.3 Å². The minimum atomic E-state index is 0.556. The van der Waals surface area contributed by atoms with Crippen LogP contribution in [0.5, 0.6) is 5.75 Å². The van der Waals surface area contributed by atoms with E-state index in [4.69, 9.17) is 4.74 Å². The Kier molecular flexibility index (Phi) is 2.50. The number of nitrogens with one attached hydrogen (secondary N) is 1. The monoisotopic (exact) mass is 177 g/mol. The van der Waals surface area contributed by atoms with E-state index in [1.807, 2.05) is 13.0 Å². The van der Waals surface area contributed by atoms with Crippen LogP contribution in [-0.2, 0) is 0 Å². The molecule has 1 N–H and O–H groups in total.